The summed E-state index contributed by atoms with van der Waals surface area (Å²) in [5.41, 5.74) is 1.64. The number of nitrogens with one attached hydrogen (secondary N) is 2. The van der Waals surface area contributed by atoms with Gasteiger partial charge in [0.05, 0.1) is 11.9 Å². The average Bonchev–Trinajstić information content (AvgIpc) is 2.53. The normalized spacial score (nSPS) is 10.5. The van der Waals surface area contributed by atoms with E-state index in [4.69, 9.17) is 0 Å². The van der Waals surface area contributed by atoms with Crippen molar-refractivity contribution in [3.05, 3.63) is 64.6 Å². The molecule has 3 aromatic rings. The lowest BCUT2D eigenvalue weighted by molar-refractivity contribution is 0.618. The Morgan fingerprint density at radius 1 is 1.23 bits per heavy atom. The second-order valence-electron chi connectivity index (χ2n) is 4.68. The maximum absolute atomic E-state index is 13.3. The zero-order valence-electron chi connectivity index (χ0n) is 11.7. The third-order valence-corrected chi connectivity index (χ3v) is 3.08. The van der Waals surface area contributed by atoms with Crippen molar-refractivity contribution in [2.75, 3.05) is 5.32 Å². The Kier molecular flexibility index (Phi) is 3.61. The fourth-order valence-electron chi connectivity index (χ4n) is 1.95. The maximum Gasteiger partial charge on any atom is 0.287 e. The smallest absolute Gasteiger partial charge is 0.287 e. The summed E-state index contributed by atoms with van der Waals surface area (Å²) in [7, 11) is 0. The highest BCUT2D eigenvalue weighted by molar-refractivity contribution is 5.65. The zero-order chi connectivity index (χ0) is 15.5. The molecule has 2 aromatic heterocycles. The van der Waals surface area contributed by atoms with Crippen molar-refractivity contribution in [2.24, 2.45) is 0 Å². The average molecular weight is 297 g/mol. The van der Waals surface area contributed by atoms with Gasteiger partial charge in [-0.05, 0) is 36.8 Å². The van der Waals surface area contributed by atoms with Gasteiger partial charge in [0.1, 0.15) is 17.3 Å². The molecule has 2 heterocycles. The van der Waals surface area contributed by atoms with Crippen molar-refractivity contribution >= 4 is 11.5 Å². The summed E-state index contributed by atoms with van der Waals surface area (Å²) < 4.78 is 13.3. The molecular formula is C15H12FN5O. The first-order valence-corrected chi connectivity index (χ1v) is 6.53. The van der Waals surface area contributed by atoms with Crippen LogP contribution in [0.2, 0.25) is 0 Å². The van der Waals surface area contributed by atoms with Crippen molar-refractivity contribution in [2.45, 2.75) is 6.92 Å². The number of aryl methyl sites for hydroxylation is 1. The summed E-state index contributed by atoms with van der Waals surface area (Å²) in [6, 6.07) is 6.23. The molecule has 1 aromatic carbocycles. The zero-order valence-corrected chi connectivity index (χ0v) is 11.7. The second-order valence-corrected chi connectivity index (χ2v) is 4.68. The van der Waals surface area contributed by atoms with E-state index in [2.05, 4.69) is 25.5 Å². The molecule has 0 aliphatic carbocycles. The van der Waals surface area contributed by atoms with Crippen molar-refractivity contribution in [1.29, 1.82) is 0 Å². The quantitative estimate of drug-likeness (QED) is 0.775. The number of hydrogen-bond donors (Lipinski definition) is 2. The van der Waals surface area contributed by atoms with Gasteiger partial charge in [-0.1, -0.05) is 0 Å². The number of aromatic nitrogens is 4. The number of hydrogen-bond acceptors (Lipinski definition) is 5. The molecule has 0 aliphatic heterocycles. The Bertz CT molecular complexity index is 863. The van der Waals surface area contributed by atoms with Crippen LogP contribution in [-0.4, -0.2) is 20.2 Å². The van der Waals surface area contributed by atoms with Gasteiger partial charge in [-0.3, -0.25) is 9.78 Å². The van der Waals surface area contributed by atoms with Gasteiger partial charge in [-0.15, -0.1) is 0 Å². The predicted molar refractivity (Wildman–Crippen MR) is 80.3 cm³/mol. The van der Waals surface area contributed by atoms with Gasteiger partial charge in [-0.25, -0.2) is 14.5 Å². The molecule has 0 saturated carbocycles. The van der Waals surface area contributed by atoms with Crippen molar-refractivity contribution in [3.63, 3.8) is 0 Å². The minimum atomic E-state index is -0.381. The Morgan fingerprint density at radius 2 is 2.09 bits per heavy atom. The largest absolute Gasteiger partial charge is 0.334 e. The molecule has 0 bridgehead atoms. The van der Waals surface area contributed by atoms with E-state index in [0.717, 1.165) is 0 Å². The van der Waals surface area contributed by atoms with E-state index in [1.165, 1.54) is 24.7 Å². The molecule has 22 heavy (non-hydrogen) atoms. The molecule has 110 valence electrons. The monoisotopic (exact) mass is 297 g/mol. The number of benzene rings is 1. The van der Waals surface area contributed by atoms with Crippen LogP contribution in [0.3, 0.4) is 0 Å². The molecule has 0 spiro atoms. The Balaban J connectivity index is 1.99. The number of nitrogens with zero attached hydrogens (tertiary/aromatic N) is 3. The molecular weight excluding hydrogens is 285 g/mol. The van der Waals surface area contributed by atoms with Crippen LogP contribution in [0.25, 0.3) is 11.3 Å². The van der Waals surface area contributed by atoms with Crippen molar-refractivity contribution < 1.29 is 4.39 Å². The van der Waals surface area contributed by atoms with Crippen LogP contribution in [-0.2, 0) is 0 Å². The summed E-state index contributed by atoms with van der Waals surface area (Å²) >= 11 is 0. The molecule has 7 heteroatoms. The van der Waals surface area contributed by atoms with Crippen LogP contribution >= 0.6 is 0 Å². The minimum absolute atomic E-state index is 0.285. The van der Waals surface area contributed by atoms with Crippen LogP contribution in [0.4, 0.5) is 15.9 Å². The lowest BCUT2D eigenvalue weighted by atomic mass is 10.1. The number of halogens is 1. The van der Waals surface area contributed by atoms with Crippen LogP contribution in [0.5, 0.6) is 0 Å². The molecule has 0 unspecified atom stereocenters. The first-order valence-electron chi connectivity index (χ1n) is 6.53. The van der Waals surface area contributed by atoms with Crippen LogP contribution < -0.4 is 10.9 Å². The fourth-order valence-corrected chi connectivity index (χ4v) is 1.95. The van der Waals surface area contributed by atoms with Crippen molar-refractivity contribution in [1.82, 2.24) is 20.2 Å². The molecule has 0 fully saturated rings. The highest BCUT2D eigenvalue weighted by Crippen LogP contribution is 2.21. The first-order chi connectivity index (χ1) is 10.6. The van der Waals surface area contributed by atoms with E-state index < -0.39 is 0 Å². The van der Waals surface area contributed by atoms with Gasteiger partial charge in [-0.2, -0.15) is 5.10 Å². The van der Waals surface area contributed by atoms with Gasteiger partial charge in [0, 0.05) is 18.0 Å². The van der Waals surface area contributed by atoms with Gasteiger partial charge < -0.3 is 5.32 Å². The number of aromatic amines is 1. The number of H-pyrrole nitrogens is 1. The Morgan fingerprint density at radius 3 is 2.82 bits per heavy atom. The van der Waals surface area contributed by atoms with Gasteiger partial charge in [0.15, 0.2) is 0 Å². The standard InChI is InChI=1S/C15H12FN5O/c1-9-6-10(2-3-11(9)16)12-7-13(15(22)21-20-12)19-14-8-17-4-5-18-14/h2-8H,1H3,(H,21,22)(H,18,19,20). The van der Waals surface area contributed by atoms with Crippen LogP contribution in [0.15, 0.2) is 47.7 Å². The molecule has 2 N–H and O–H groups in total. The van der Waals surface area contributed by atoms with E-state index in [1.54, 1.807) is 25.1 Å². The maximum atomic E-state index is 13.3. The number of rotatable bonds is 3. The summed E-state index contributed by atoms with van der Waals surface area (Å²) in [6.45, 7) is 1.67. The highest BCUT2D eigenvalue weighted by atomic mass is 19.1. The van der Waals surface area contributed by atoms with Gasteiger partial charge in [0.2, 0.25) is 0 Å². The number of anilines is 2. The Hall–Kier alpha value is -3.09. The first kappa shape index (κ1) is 13.9. The van der Waals surface area contributed by atoms with Gasteiger partial charge in [0.25, 0.3) is 5.56 Å². The molecule has 3 rings (SSSR count). The predicted octanol–water partition coefficient (Wildman–Crippen LogP) is 2.42. The third-order valence-electron chi connectivity index (χ3n) is 3.08. The molecule has 0 amide bonds. The van der Waals surface area contributed by atoms with E-state index >= 15 is 0 Å². The van der Waals surface area contributed by atoms with E-state index in [9.17, 15) is 9.18 Å². The topological polar surface area (TPSA) is 83.6 Å². The summed E-state index contributed by atoms with van der Waals surface area (Å²) in [4.78, 5) is 19.8. The highest BCUT2D eigenvalue weighted by Gasteiger charge is 2.08. The van der Waals surface area contributed by atoms with E-state index in [0.29, 0.717) is 22.6 Å². The SMILES string of the molecule is Cc1cc(-c2cc(Nc3cnccn3)c(=O)[nH]n2)ccc1F. The minimum Gasteiger partial charge on any atom is -0.334 e. The second kappa shape index (κ2) is 5.72. The third kappa shape index (κ3) is 2.83. The molecule has 0 aliphatic rings. The van der Waals surface area contributed by atoms with Crippen molar-refractivity contribution in [3.8, 4) is 11.3 Å². The van der Waals surface area contributed by atoms with Crippen LogP contribution in [0.1, 0.15) is 5.56 Å². The molecule has 0 saturated heterocycles. The van der Waals surface area contributed by atoms with Gasteiger partial charge >= 0.3 is 0 Å². The summed E-state index contributed by atoms with van der Waals surface area (Å²) in [5, 5.41) is 9.27. The van der Waals surface area contributed by atoms with Crippen LogP contribution in [0, 0.1) is 12.7 Å². The summed E-state index contributed by atoms with van der Waals surface area (Å²) in [6.07, 6.45) is 4.55. The lowest BCUT2D eigenvalue weighted by Gasteiger charge is -2.07. The van der Waals surface area contributed by atoms with E-state index in [1.807, 2.05) is 0 Å². The van der Waals surface area contributed by atoms with E-state index in [-0.39, 0.29) is 17.1 Å². The fraction of sp³-hybridized carbons (Fsp3) is 0.0667. The lowest BCUT2D eigenvalue weighted by Crippen LogP contribution is -2.14. The molecule has 0 radical (unpaired) electrons. The summed E-state index contributed by atoms with van der Waals surface area (Å²) in [5.74, 6) is 0.159. The molecule has 0 atom stereocenters. The Labute approximate surface area is 125 Å². The molecule has 6 nitrogen and oxygen atoms in total.